The van der Waals surface area contributed by atoms with E-state index in [4.69, 9.17) is 4.74 Å². The number of rotatable bonds is 7. The number of hydrogen-bond acceptors (Lipinski definition) is 7. The molecule has 0 aliphatic carbocycles. The number of ether oxygens (including phenoxy) is 1. The Kier molecular flexibility index (Phi) is 6.05. The number of carbonyl (C=O) groups excluding carboxylic acids is 3. The van der Waals surface area contributed by atoms with E-state index in [-0.39, 0.29) is 28.6 Å². The summed E-state index contributed by atoms with van der Waals surface area (Å²) in [7, 11) is -3.98. The second kappa shape index (κ2) is 8.80. The molecule has 2 heterocycles. The summed E-state index contributed by atoms with van der Waals surface area (Å²) in [4.78, 5) is 39.4. The summed E-state index contributed by atoms with van der Waals surface area (Å²) in [5.41, 5.74) is 1.54. The highest BCUT2D eigenvalue weighted by molar-refractivity contribution is 7.93. The molecule has 0 spiro atoms. The first-order chi connectivity index (χ1) is 15.7. The second-order valence-corrected chi connectivity index (χ2v) is 10.2. The van der Waals surface area contributed by atoms with Gasteiger partial charge in [0.2, 0.25) is 0 Å². The van der Waals surface area contributed by atoms with Gasteiger partial charge in [-0.05, 0) is 44.2 Å². The maximum atomic E-state index is 12.9. The Morgan fingerprint density at radius 2 is 1.64 bits per heavy atom. The fraction of sp³-hybridized carbons (Fsp3) is 0.174. The minimum absolute atomic E-state index is 0.0177. The highest BCUT2D eigenvalue weighted by Crippen LogP contribution is 2.33. The van der Waals surface area contributed by atoms with Gasteiger partial charge >= 0.3 is 5.97 Å². The molecule has 8 nitrogen and oxygen atoms in total. The van der Waals surface area contributed by atoms with Crippen LogP contribution in [0, 0.1) is 6.92 Å². The van der Waals surface area contributed by atoms with Crippen molar-refractivity contribution in [2.75, 3.05) is 11.3 Å². The van der Waals surface area contributed by atoms with Crippen LogP contribution in [0.3, 0.4) is 0 Å². The van der Waals surface area contributed by atoms with E-state index < -0.39 is 27.8 Å². The standard InChI is InChI=1S/C23H20N2O6S2/c1-3-31-23(28)19-12-15(13-25-21(26)17-6-4-5-7-18(17)22(25)27)32-20(19)24-33(29,30)16-10-8-14(2)9-11-16/h4-12,24H,3,13H2,1-2H3. The molecule has 4 rings (SSSR count). The Hall–Kier alpha value is -3.50. The van der Waals surface area contributed by atoms with Gasteiger partial charge in [-0.2, -0.15) is 0 Å². The number of nitrogens with zero attached hydrogens (tertiary/aromatic N) is 1. The van der Waals surface area contributed by atoms with Crippen molar-refractivity contribution >= 4 is 44.1 Å². The van der Waals surface area contributed by atoms with E-state index in [1.165, 1.54) is 18.2 Å². The largest absolute Gasteiger partial charge is 0.462 e. The van der Waals surface area contributed by atoms with Gasteiger partial charge in [0.05, 0.1) is 34.7 Å². The maximum absolute atomic E-state index is 12.9. The fourth-order valence-corrected chi connectivity index (χ4v) is 5.74. The van der Waals surface area contributed by atoms with Crippen LogP contribution >= 0.6 is 11.3 Å². The van der Waals surface area contributed by atoms with Crippen molar-refractivity contribution in [3.63, 3.8) is 0 Å². The molecule has 1 aromatic heterocycles. The molecule has 0 bridgehead atoms. The smallest absolute Gasteiger partial charge is 0.341 e. The van der Waals surface area contributed by atoms with Crippen LogP contribution < -0.4 is 4.72 Å². The van der Waals surface area contributed by atoms with Crippen molar-refractivity contribution in [2.45, 2.75) is 25.3 Å². The van der Waals surface area contributed by atoms with Gasteiger partial charge in [-0.3, -0.25) is 19.2 Å². The predicted molar refractivity (Wildman–Crippen MR) is 123 cm³/mol. The third-order valence-electron chi connectivity index (χ3n) is 5.03. The Morgan fingerprint density at radius 1 is 1.03 bits per heavy atom. The van der Waals surface area contributed by atoms with E-state index in [0.717, 1.165) is 21.8 Å². The minimum Gasteiger partial charge on any atom is -0.462 e. The van der Waals surface area contributed by atoms with Crippen molar-refractivity contribution in [2.24, 2.45) is 0 Å². The Balaban J connectivity index is 1.65. The van der Waals surface area contributed by atoms with Crippen LogP contribution in [0.5, 0.6) is 0 Å². The highest BCUT2D eigenvalue weighted by atomic mass is 32.2. The highest BCUT2D eigenvalue weighted by Gasteiger charge is 2.36. The van der Waals surface area contributed by atoms with Gasteiger partial charge in [0.25, 0.3) is 21.8 Å². The Labute approximate surface area is 194 Å². The number of anilines is 1. The molecule has 0 saturated heterocycles. The quantitative estimate of drug-likeness (QED) is 0.403. The molecule has 0 fully saturated rings. The van der Waals surface area contributed by atoms with Gasteiger partial charge in [0.1, 0.15) is 5.00 Å². The lowest BCUT2D eigenvalue weighted by Gasteiger charge is -2.12. The zero-order valence-electron chi connectivity index (χ0n) is 17.8. The number of benzene rings is 2. The summed E-state index contributed by atoms with van der Waals surface area (Å²) in [6.07, 6.45) is 0. The van der Waals surface area contributed by atoms with Gasteiger partial charge in [-0.25, -0.2) is 13.2 Å². The molecule has 0 radical (unpaired) electrons. The molecule has 0 atom stereocenters. The summed E-state index contributed by atoms with van der Waals surface area (Å²) < 4.78 is 33.3. The maximum Gasteiger partial charge on any atom is 0.341 e. The summed E-state index contributed by atoms with van der Waals surface area (Å²) in [5, 5.41) is 0.0561. The van der Waals surface area contributed by atoms with Crippen molar-refractivity contribution < 1.29 is 27.5 Å². The fourth-order valence-electron chi connectivity index (χ4n) is 3.39. The van der Waals surface area contributed by atoms with Gasteiger partial charge < -0.3 is 4.74 Å². The molecule has 1 aliphatic heterocycles. The van der Waals surface area contributed by atoms with Gasteiger partial charge in [-0.1, -0.05) is 29.8 Å². The summed E-state index contributed by atoms with van der Waals surface area (Å²) >= 11 is 0.971. The number of aryl methyl sites for hydroxylation is 1. The number of imide groups is 1. The van der Waals surface area contributed by atoms with Gasteiger partial charge in [0, 0.05) is 4.88 Å². The number of hydrogen-bond donors (Lipinski definition) is 1. The van der Waals surface area contributed by atoms with E-state index in [9.17, 15) is 22.8 Å². The number of fused-ring (bicyclic) bond motifs is 1. The molecule has 1 aliphatic rings. The normalized spacial score (nSPS) is 13.2. The molecule has 1 N–H and O–H groups in total. The van der Waals surface area contributed by atoms with Crippen LogP contribution in [-0.2, 0) is 21.3 Å². The SMILES string of the molecule is CCOC(=O)c1cc(CN2C(=O)c3ccccc3C2=O)sc1NS(=O)(=O)c1ccc(C)cc1. The Bertz CT molecular complexity index is 1320. The molecule has 170 valence electrons. The second-order valence-electron chi connectivity index (χ2n) is 7.34. The molecule has 2 aromatic carbocycles. The average Bonchev–Trinajstić information content (AvgIpc) is 3.28. The van der Waals surface area contributed by atoms with E-state index >= 15 is 0 Å². The van der Waals surface area contributed by atoms with E-state index in [0.29, 0.717) is 16.0 Å². The molecule has 0 unspecified atom stereocenters. The monoisotopic (exact) mass is 484 g/mol. The minimum atomic E-state index is -3.98. The lowest BCUT2D eigenvalue weighted by molar-refractivity contribution is 0.0527. The number of amides is 2. The van der Waals surface area contributed by atoms with Crippen molar-refractivity contribution in [1.29, 1.82) is 0 Å². The van der Waals surface area contributed by atoms with Crippen molar-refractivity contribution in [3.8, 4) is 0 Å². The van der Waals surface area contributed by atoms with E-state index in [1.807, 2.05) is 6.92 Å². The van der Waals surface area contributed by atoms with E-state index in [1.54, 1.807) is 43.3 Å². The van der Waals surface area contributed by atoms with Gasteiger partial charge in [0.15, 0.2) is 0 Å². The predicted octanol–water partition coefficient (Wildman–Crippen LogP) is 3.83. The van der Waals surface area contributed by atoms with Crippen LogP contribution in [0.1, 0.15) is 48.4 Å². The summed E-state index contributed by atoms with van der Waals surface area (Å²) in [5.74, 6) is -1.59. The molecular formula is C23H20N2O6S2. The molecule has 3 aromatic rings. The summed E-state index contributed by atoms with van der Waals surface area (Å²) in [6.45, 7) is 3.48. The number of nitrogens with one attached hydrogen (secondary N) is 1. The van der Waals surface area contributed by atoms with Crippen LogP contribution in [0.2, 0.25) is 0 Å². The Morgan fingerprint density at radius 3 is 2.21 bits per heavy atom. The first-order valence-electron chi connectivity index (χ1n) is 10.1. The number of carbonyl (C=O) groups is 3. The van der Waals surface area contributed by atoms with Gasteiger partial charge in [-0.15, -0.1) is 11.3 Å². The van der Waals surface area contributed by atoms with Crippen LogP contribution in [0.15, 0.2) is 59.5 Å². The number of esters is 1. The van der Waals surface area contributed by atoms with Crippen LogP contribution in [0.25, 0.3) is 0 Å². The molecular weight excluding hydrogens is 464 g/mol. The third-order valence-corrected chi connectivity index (χ3v) is 7.56. The number of thiophene rings is 1. The lowest BCUT2D eigenvalue weighted by Crippen LogP contribution is -2.28. The zero-order chi connectivity index (χ0) is 23.8. The third kappa shape index (κ3) is 4.39. The molecule has 0 saturated carbocycles. The topological polar surface area (TPSA) is 110 Å². The average molecular weight is 485 g/mol. The molecule has 10 heteroatoms. The molecule has 33 heavy (non-hydrogen) atoms. The molecule has 2 amide bonds. The first-order valence-corrected chi connectivity index (χ1v) is 12.4. The van der Waals surface area contributed by atoms with Crippen molar-refractivity contribution in [3.05, 3.63) is 81.7 Å². The van der Waals surface area contributed by atoms with Crippen molar-refractivity contribution in [1.82, 2.24) is 4.90 Å². The first kappa shape index (κ1) is 22.7. The van der Waals surface area contributed by atoms with Crippen LogP contribution in [0.4, 0.5) is 5.00 Å². The zero-order valence-corrected chi connectivity index (χ0v) is 19.5. The van der Waals surface area contributed by atoms with Crippen LogP contribution in [-0.4, -0.2) is 37.7 Å². The number of sulfonamides is 1. The van der Waals surface area contributed by atoms with E-state index in [2.05, 4.69) is 4.72 Å². The lowest BCUT2D eigenvalue weighted by atomic mass is 10.1. The summed E-state index contributed by atoms with van der Waals surface area (Å²) in [6, 6.07) is 14.2.